The fourth-order valence-electron chi connectivity index (χ4n) is 1.75. The maximum absolute atomic E-state index is 9.24. The summed E-state index contributed by atoms with van der Waals surface area (Å²) >= 11 is 3.41. The third-order valence-electron chi connectivity index (χ3n) is 2.72. The average molecular weight is 332 g/mol. The van der Waals surface area contributed by atoms with Crippen LogP contribution in [0, 0.1) is 18.3 Å². The zero-order chi connectivity index (χ0) is 14.5. The number of nitrogens with one attached hydrogen (secondary N) is 2. The number of aromatic nitrogens is 2. The van der Waals surface area contributed by atoms with Crippen LogP contribution in [0.15, 0.2) is 28.9 Å². The first kappa shape index (κ1) is 14.3. The summed E-state index contributed by atoms with van der Waals surface area (Å²) in [5, 5.41) is 15.5. The molecule has 1 heterocycles. The van der Waals surface area contributed by atoms with E-state index in [1.807, 2.05) is 32.0 Å². The Labute approximate surface area is 126 Å². The quantitative estimate of drug-likeness (QED) is 0.895. The van der Waals surface area contributed by atoms with Crippen molar-refractivity contribution >= 4 is 33.4 Å². The third kappa shape index (κ3) is 3.06. The highest BCUT2D eigenvalue weighted by Gasteiger charge is 2.09. The predicted molar refractivity (Wildman–Crippen MR) is 83.1 cm³/mol. The minimum Gasteiger partial charge on any atom is -0.354 e. The smallest absolute Gasteiger partial charge is 0.224 e. The SMILES string of the molecule is CCNc1ncc(Br)c(Nc2cccc(C)c2C#N)n1. The molecular weight excluding hydrogens is 318 g/mol. The van der Waals surface area contributed by atoms with E-state index in [-0.39, 0.29) is 0 Å². The van der Waals surface area contributed by atoms with Gasteiger partial charge in [0, 0.05) is 12.7 Å². The van der Waals surface area contributed by atoms with Gasteiger partial charge >= 0.3 is 0 Å². The topological polar surface area (TPSA) is 73.6 Å². The number of aryl methyl sites for hydroxylation is 1. The molecule has 102 valence electrons. The van der Waals surface area contributed by atoms with Crippen LogP contribution >= 0.6 is 15.9 Å². The molecule has 20 heavy (non-hydrogen) atoms. The molecule has 2 rings (SSSR count). The molecule has 2 aromatic rings. The van der Waals surface area contributed by atoms with Gasteiger partial charge in [-0.25, -0.2) is 4.98 Å². The predicted octanol–water partition coefficient (Wildman–Crippen LogP) is 3.59. The van der Waals surface area contributed by atoms with Crippen LogP contribution in [0.1, 0.15) is 18.1 Å². The molecule has 0 fully saturated rings. The van der Waals surface area contributed by atoms with Gasteiger partial charge < -0.3 is 10.6 Å². The lowest BCUT2D eigenvalue weighted by molar-refractivity contribution is 1.08. The maximum Gasteiger partial charge on any atom is 0.224 e. The van der Waals surface area contributed by atoms with Crippen LogP contribution in [0.3, 0.4) is 0 Å². The molecule has 0 aliphatic heterocycles. The van der Waals surface area contributed by atoms with Crippen LogP contribution in [-0.2, 0) is 0 Å². The third-order valence-corrected chi connectivity index (χ3v) is 3.30. The van der Waals surface area contributed by atoms with Crippen LogP contribution in [0.4, 0.5) is 17.5 Å². The standard InChI is InChI=1S/C14H14BrN5/c1-3-17-14-18-8-11(15)13(20-14)19-12-6-4-5-9(2)10(12)7-16/h4-6,8H,3H2,1-2H3,(H2,17,18,19,20). The minimum atomic E-state index is 0.546. The number of rotatable bonds is 4. The van der Waals surface area contributed by atoms with Gasteiger partial charge in [0.25, 0.3) is 0 Å². The van der Waals surface area contributed by atoms with Crippen molar-refractivity contribution in [1.82, 2.24) is 9.97 Å². The first-order valence-electron chi connectivity index (χ1n) is 6.18. The van der Waals surface area contributed by atoms with Gasteiger partial charge in [0.1, 0.15) is 11.9 Å². The van der Waals surface area contributed by atoms with Crippen LogP contribution in [0.2, 0.25) is 0 Å². The van der Waals surface area contributed by atoms with E-state index in [1.54, 1.807) is 6.20 Å². The molecule has 0 saturated carbocycles. The molecule has 0 saturated heterocycles. The molecule has 0 bridgehead atoms. The van der Waals surface area contributed by atoms with Gasteiger partial charge in [-0.15, -0.1) is 0 Å². The fraction of sp³-hybridized carbons (Fsp3) is 0.214. The lowest BCUT2D eigenvalue weighted by Crippen LogP contribution is -2.05. The number of anilines is 3. The molecule has 1 aromatic carbocycles. The van der Waals surface area contributed by atoms with Crippen molar-refractivity contribution in [1.29, 1.82) is 5.26 Å². The van der Waals surface area contributed by atoms with E-state index in [1.165, 1.54) is 0 Å². The van der Waals surface area contributed by atoms with Gasteiger partial charge in [0.15, 0.2) is 0 Å². The van der Waals surface area contributed by atoms with Gasteiger partial charge in [-0.2, -0.15) is 10.2 Å². The summed E-state index contributed by atoms with van der Waals surface area (Å²) in [7, 11) is 0. The highest BCUT2D eigenvalue weighted by Crippen LogP contribution is 2.27. The molecule has 0 radical (unpaired) electrons. The molecule has 2 N–H and O–H groups in total. The molecular formula is C14H14BrN5. The Bertz CT molecular complexity index is 663. The van der Waals surface area contributed by atoms with E-state index in [0.29, 0.717) is 17.3 Å². The molecule has 0 unspecified atom stereocenters. The van der Waals surface area contributed by atoms with Crippen molar-refractivity contribution in [3.63, 3.8) is 0 Å². The summed E-state index contributed by atoms with van der Waals surface area (Å²) in [5.74, 6) is 1.17. The number of benzene rings is 1. The normalized spacial score (nSPS) is 9.90. The maximum atomic E-state index is 9.24. The molecule has 0 spiro atoms. The minimum absolute atomic E-state index is 0.546. The first-order valence-corrected chi connectivity index (χ1v) is 6.98. The zero-order valence-electron chi connectivity index (χ0n) is 11.2. The van der Waals surface area contributed by atoms with E-state index in [2.05, 4.69) is 42.6 Å². The fourth-order valence-corrected chi connectivity index (χ4v) is 2.04. The largest absolute Gasteiger partial charge is 0.354 e. The number of nitriles is 1. The van der Waals surface area contributed by atoms with E-state index in [0.717, 1.165) is 22.3 Å². The Morgan fingerprint density at radius 3 is 2.90 bits per heavy atom. The number of halogens is 1. The first-order chi connectivity index (χ1) is 9.65. The molecule has 6 heteroatoms. The summed E-state index contributed by atoms with van der Waals surface area (Å²) in [5.41, 5.74) is 2.27. The molecule has 0 aliphatic carbocycles. The van der Waals surface area contributed by atoms with E-state index in [9.17, 15) is 5.26 Å². The van der Waals surface area contributed by atoms with Crippen LogP contribution in [0.25, 0.3) is 0 Å². The Balaban J connectivity index is 2.37. The summed E-state index contributed by atoms with van der Waals surface area (Å²) in [6.45, 7) is 4.63. The van der Waals surface area contributed by atoms with Crippen molar-refractivity contribution < 1.29 is 0 Å². The molecule has 1 aromatic heterocycles. The second kappa shape index (κ2) is 6.35. The summed E-state index contributed by atoms with van der Waals surface area (Å²) in [6, 6.07) is 7.87. The van der Waals surface area contributed by atoms with Crippen LogP contribution < -0.4 is 10.6 Å². The number of nitrogens with zero attached hydrogens (tertiary/aromatic N) is 3. The number of hydrogen-bond acceptors (Lipinski definition) is 5. The van der Waals surface area contributed by atoms with Crippen molar-refractivity contribution in [3.8, 4) is 6.07 Å². The Kier molecular flexibility index (Phi) is 4.53. The van der Waals surface area contributed by atoms with Crippen LogP contribution in [0.5, 0.6) is 0 Å². The van der Waals surface area contributed by atoms with Crippen molar-refractivity contribution in [2.45, 2.75) is 13.8 Å². The second-order valence-corrected chi connectivity index (χ2v) is 5.01. The van der Waals surface area contributed by atoms with E-state index >= 15 is 0 Å². The highest BCUT2D eigenvalue weighted by atomic mass is 79.9. The van der Waals surface area contributed by atoms with E-state index < -0.39 is 0 Å². The summed E-state index contributed by atoms with van der Waals surface area (Å²) < 4.78 is 0.740. The van der Waals surface area contributed by atoms with Gasteiger partial charge in [0.2, 0.25) is 5.95 Å². The van der Waals surface area contributed by atoms with Crippen molar-refractivity contribution in [2.24, 2.45) is 0 Å². The number of hydrogen-bond donors (Lipinski definition) is 2. The lowest BCUT2D eigenvalue weighted by atomic mass is 10.1. The lowest BCUT2D eigenvalue weighted by Gasteiger charge is -2.11. The monoisotopic (exact) mass is 331 g/mol. The Hall–Kier alpha value is -2.13. The molecule has 0 aliphatic rings. The zero-order valence-corrected chi connectivity index (χ0v) is 12.8. The molecule has 5 nitrogen and oxygen atoms in total. The van der Waals surface area contributed by atoms with Gasteiger partial charge in [-0.05, 0) is 41.4 Å². The van der Waals surface area contributed by atoms with Crippen molar-refractivity contribution in [3.05, 3.63) is 40.0 Å². The van der Waals surface area contributed by atoms with Gasteiger partial charge in [-0.3, -0.25) is 0 Å². The Morgan fingerprint density at radius 1 is 1.40 bits per heavy atom. The second-order valence-electron chi connectivity index (χ2n) is 4.15. The van der Waals surface area contributed by atoms with Crippen molar-refractivity contribution in [2.75, 3.05) is 17.2 Å². The van der Waals surface area contributed by atoms with Crippen LogP contribution in [-0.4, -0.2) is 16.5 Å². The van der Waals surface area contributed by atoms with Gasteiger partial charge in [-0.1, -0.05) is 12.1 Å². The summed E-state index contributed by atoms with van der Waals surface area (Å²) in [6.07, 6.45) is 1.68. The molecule has 0 atom stereocenters. The molecule has 0 amide bonds. The van der Waals surface area contributed by atoms with Gasteiger partial charge in [0.05, 0.1) is 15.7 Å². The highest BCUT2D eigenvalue weighted by molar-refractivity contribution is 9.10. The summed E-state index contributed by atoms with van der Waals surface area (Å²) in [4.78, 5) is 8.53. The van der Waals surface area contributed by atoms with E-state index in [4.69, 9.17) is 0 Å². The average Bonchev–Trinajstić information content (AvgIpc) is 2.43. The Morgan fingerprint density at radius 2 is 2.20 bits per heavy atom.